The average molecular weight is 1110 g/mol. The van der Waals surface area contributed by atoms with E-state index in [1.807, 2.05) is 6.08 Å². The topological polar surface area (TPSA) is 69.6 Å². The highest BCUT2D eigenvalue weighted by atomic mass is 16.3. The van der Waals surface area contributed by atoms with Crippen LogP contribution in [0.2, 0.25) is 0 Å². The van der Waals surface area contributed by atoms with Crippen LogP contribution in [-0.2, 0) is 4.79 Å². The Morgan fingerprint density at radius 3 is 0.810 bits per heavy atom. The van der Waals surface area contributed by atoms with Gasteiger partial charge in [-0.2, -0.15) is 0 Å². The number of unbranched alkanes of at least 4 members (excludes halogenated alkanes) is 55. The van der Waals surface area contributed by atoms with Crippen LogP contribution < -0.4 is 5.32 Å². The van der Waals surface area contributed by atoms with Crippen LogP contribution in [-0.4, -0.2) is 34.9 Å². The molecular weight excluding hydrogens is 963 g/mol. The third kappa shape index (κ3) is 67.0. The smallest absolute Gasteiger partial charge is 0.220 e. The largest absolute Gasteiger partial charge is 0.394 e. The van der Waals surface area contributed by atoms with E-state index < -0.39 is 12.1 Å². The number of carbonyl (C=O) groups is 1. The van der Waals surface area contributed by atoms with E-state index in [9.17, 15) is 15.0 Å². The van der Waals surface area contributed by atoms with E-state index in [0.29, 0.717) is 6.42 Å². The zero-order valence-corrected chi connectivity index (χ0v) is 53.9. The number of aliphatic hydroxyl groups is 2. The second-order valence-corrected chi connectivity index (χ2v) is 25.0. The molecule has 0 aromatic carbocycles. The highest BCUT2D eigenvalue weighted by Gasteiger charge is 2.18. The van der Waals surface area contributed by atoms with Crippen molar-refractivity contribution in [2.45, 2.75) is 418 Å². The Balaban J connectivity index is 3.41. The van der Waals surface area contributed by atoms with E-state index in [4.69, 9.17) is 0 Å². The lowest BCUT2D eigenvalue weighted by Gasteiger charge is -2.19. The lowest BCUT2D eigenvalue weighted by atomic mass is 10.0. The molecule has 0 aliphatic carbocycles. The molecule has 0 saturated heterocycles. The van der Waals surface area contributed by atoms with Gasteiger partial charge in [0.25, 0.3) is 0 Å². The molecule has 0 saturated carbocycles. The third-order valence-corrected chi connectivity index (χ3v) is 17.0. The molecule has 0 radical (unpaired) electrons. The normalized spacial score (nSPS) is 12.9. The van der Waals surface area contributed by atoms with Crippen LogP contribution >= 0.6 is 0 Å². The van der Waals surface area contributed by atoms with E-state index in [0.717, 1.165) is 38.5 Å². The van der Waals surface area contributed by atoms with Crippen LogP contribution in [0, 0.1) is 0 Å². The predicted octanol–water partition coefficient (Wildman–Crippen LogP) is 24.9. The van der Waals surface area contributed by atoms with E-state index in [1.165, 1.54) is 347 Å². The highest BCUT2D eigenvalue weighted by molar-refractivity contribution is 5.76. The molecule has 4 nitrogen and oxygen atoms in total. The summed E-state index contributed by atoms with van der Waals surface area (Å²) in [5.41, 5.74) is 0. The molecule has 0 aromatic rings. The fraction of sp³-hybridized carbons (Fsp3) is 0.880. The number of amides is 1. The maximum absolute atomic E-state index is 12.5. The van der Waals surface area contributed by atoms with Crippen LogP contribution in [0.5, 0.6) is 0 Å². The van der Waals surface area contributed by atoms with Gasteiger partial charge in [-0.1, -0.05) is 383 Å². The average Bonchev–Trinajstić information content (AvgIpc) is 3.45. The first-order valence-corrected chi connectivity index (χ1v) is 36.4. The molecule has 0 heterocycles. The van der Waals surface area contributed by atoms with Crippen molar-refractivity contribution in [3.05, 3.63) is 48.6 Å². The standard InChI is InChI=1S/C75H143NO3/c1-3-5-7-9-11-13-15-17-19-21-23-25-27-29-31-32-33-34-35-36-37-38-39-40-41-42-43-44-45-47-49-51-53-55-57-59-61-63-65-67-69-71-75(79)76-73(72-77)74(78)70-68-66-64-62-60-58-56-54-52-50-48-46-30-28-26-24-22-20-18-16-14-12-10-8-6-4-2/h15,17,21,23,60,62,68,70,73-74,77-78H,3-14,16,18-20,22,24-59,61,63-67,69,71-72H2,1-2H3,(H,76,79)/b17-15-,23-21-,62-60+,70-68+. The van der Waals surface area contributed by atoms with Gasteiger partial charge in [0.15, 0.2) is 0 Å². The van der Waals surface area contributed by atoms with Crippen molar-refractivity contribution < 1.29 is 15.0 Å². The van der Waals surface area contributed by atoms with E-state index in [1.54, 1.807) is 6.08 Å². The predicted molar refractivity (Wildman–Crippen MR) is 355 cm³/mol. The molecule has 466 valence electrons. The van der Waals surface area contributed by atoms with E-state index in [-0.39, 0.29) is 12.5 Å². The molecule has 2 unspecified atom stereocenters. The molecule has 4 heteroatoms. The lowest BCUT2D eigenvalue weighted by molar-refractivity contribution is -0.123. The molecule has 0 aliphatic heterocycles. The van der Waals surface area contributed by atoms with Crippen LogP contribution in [0.1, 0.15) is 406 Å². The molecule has 0 aliphatic rings. The van der Waals surface area contributed by atoms with Crippen molar-refractivity contribution in [3.63, 3.8) is 0 Å². The zero-order valence-electron chi connectivity index (χ0n) is 53.9. The Morgan fingerprint density at radius 1 is 0.304 bits per heavy atom. The Morgan fingerprint density at radius 2 is 0.532 bits per heavy atom. The molecule has 0 rings (SSSR count). The molecule has 3 N–H and O–H groups in total. The van der Waals surface area contributed by atoms with Gasteiger partial charge in [0, 0.05) is 6.42 Å². The van der Waals surface area contributed by atoms with Crippen LogP contribution in [0.3, 0.4) is 0 Å². The summed E-state index contributed by atoms with van der Waals surface area (Å²) in [6.07, 6.45) is 99.4. The Kier molecular flexibility index (Phi) is 69.1. The molecule has 1 amide bonds. The summed E-state index contributed by atoms with van der Waals surface area (Å²) in [6.45, 7) is 4.33. The van der Waals surface area contributed by atoms with Gasteiger partial charge in [0.1, 0.15) is 0 Å². The van der Waals surface area contributed by atoms with Gasteiger partial charge < -0.3 is 15.5 Å². The van der Waals surface area contributed by atoms with Gasteiger partial charge in [-0.3, -0.25) is 4.79 Å². The van der Waals surface area contributed by atoms with Crippen molar-refractivity contribution in [1.82, 2.24) is 5.32 Å². The number of carbonyl (C=O) groups excluding carboxylic acids is 1. The molecule has 0 bridgehead atoms. The molecule has 0 spiro atoms. The van der Waals surface area contributed by atoms with Gasteiger partial charge in [-0.25, -0.2) is 0 Å². The number of nitrogens with one attached hydrogen (secondary N) is 1. The van der Waals surface area contributed by atoms with Crippen molar-refractivity contribution in [2.75, 3.05) is 6.61 Å². The zero-order chi connectivity index (χ0) is 56.9. The summed E-state index contributed by atoms with van der Waals surface area (Å²) in [4.78, 5) is 12.5. The fourth-order valence-corrected chi connectivity index (χ4v) is 11.5. The van der Waals surface area contributed by atoms with Crippen molar-refractivity contribution in [3.8, 4) is 0 Å². The minimum Gasteiger partial charge on any atom is -0.394 e. The number of allylic oxidation sites excluding steroid dienone is 7. The number of aliphatic hydroxyl groups excluding tert-OH is 2. The lowest BCUT2D eigenvalue weighted by Crippen LogP contribution is -2.45. The molecular formula is C75H143NO3. The number of hydrogen-bond acceptors (Lipinski definition) is 3. The van der Waals surface area contributed by atoms with E-state index >= 15 is 0 Å². The molecule has 79 heavy (non-hydrogen) atoms. The van der Waals surface area contributed by atoms with Crippen molar-refractivity contribution in [2.24, 2.45) is 0 Å². The minimum atomic E-state index is -0.863. The van der Waals surface area contributed by atoms with Crippen LogP contribution in [0.4, 0.5) is 0 Å². The first kappa shape index (κ1) is 77.3. The summed E-state index contributed by atoms with van der Waals surface area (Å²) in [5, 5.41) is 23.3. The maximum Gasteiger partial charge on any atom is 0.220 e. The van der Waals surface area contributed by atoms with Gasteiger partial charge >= 0.3 is 0 Å². The Labute approximate surface area is 496 Å². The third-order valence-electron chi connectivity index (χ3n) is 17.0. The Bertz CT molecular complexity index is 1250. The van der Waals surface area contributed by atoms with Crippen LogP contribution in [0.25, 0.3) is 0 Å². The molecule has 0 fully saturated rings. The summed E-state index contributed by atoms with van der Waals surface area (Å²) in [7, 11) is 0. The Hall–Kier alpha value is -1.65. The van der Waals surface area contributed by atoms with Crippen LogP contribution in [0.15, 0.2) is 48.6 Å². The van der Waals surface area contributed by atoms with Crippen molar-refractivity contribution in [1.29, 1.82) is 0 Å². The second kappa shape index (κ2) is 70.6. The number of hydrogen-bond donors (Lipinski definition) is 3. The summed E-state index contributed by atoms with van der Waals surface area (Å²) >= 11 is 0. The summed E-state index contributed by atoms with van der Waals surface area (Å²) in [6, 6.07) is -0.639. The number of rotatable bonds is 68. The maximum atomic E-state index is 12.5. The second-order valence-electron chi connectivity index (χ2n) is 25.0. The first-order valence-electron chi connectivity index (χ1n) is 36.4. The fourth-order valence-electron chi connectivity index (χ4n) is 11.5. The minimum absolute atomic E-state index is 0.0653. The quantitative estimate of drug-likeness (QED) is 0.0420. The van der Waals surface area contributed by atoms with Gasteiger partial charge in [0.2, 0.25) is 5.91 Å². The molecule has 2 atom stereocenters. The monoisotopic (exact) mass is 1110 g/mol. The van der Waals surface area contributed by atoms with Crippen molar-refractivity contribution >= 4 is 5.91 Å². The van der Waals surface area contributed by atoms with Gasteiger partial charge in [-0.05, 0) is 64.2 Å². The first-order chi connectivity index (χ1) is 39.2. The summed E-state index contributed by atoms with van der Waals surface area (Å²) < 4.78 is 0. The highest BCUT2D eigenvalue weighted by Crippen LogP contribution is 2.19. The summed E-state index contributed by atoms with van der Waals surface area (Å²) in [5.74, 6) is -0.0653. The van der Waals surface area contributed by atoms with E-state index in [2.05, 4.69) is 55.6 Å². The molecule has 0 aromatic heterocycles. The van der Waals surface area contributed by atoms with Gasteiger partial charge in [-0.15, -0.1) is 0 Å². The SMILES string of the molecule is CCCCCCC/C=C\C/C=C\CCCCCCCCCCCCCCCCCCCCCCCCCCCCCCCC(=O)NC(CO)C(O)/C=C/CC/C=C/CCCCCCCCCCCCCCCCCCCCCC. The van der Waals surface area contributed by atoms with Gasteiger partial charge in [0.05, 0.1) is 18.8 Å².